The van der Waals surface area contributed by atoms with Gasteiger partial charge in [0.1, 0.15) is 0 Å². The van der Waals surface area contributed by atoms with Crippen molar-refractivity contribution < 1.29 is 5.11 Å². The van der Waals surface area contributed by atoms with Crippen LogP contribution in [-0.4, -0.2) is 11.2 Å². The normalized spacial score (nSPS) is 57.9. The summed E-state index contributed by atoms with van der Waals surface area (Å²) in [4.78, 5) is 0. The van der Waals surface area contributed by atoms with Gasteiger partial charge in [0.2, 0.25) is 0 Å². The van der Waals surface area contributed by atoms with E-state index in [0.717, 1.165) is 30.1 Å². The molecule has 0 aromatic rings. The first-order valence-corrected chi connectivity index (χ1v) is 8.91. The number of aliphatic hydroxyl groups excluding tert-OH is 1. The second-order valence-electron chi connectivity index (χ2n) is 8.63. The van der Waals surface area contributed by atoms with Gasteiger partial charge in [0.05, 0.1) is 6.10 Å². The van der Waals surface area contributed by atoms with E-state index in [2.05, 4.69) is 26.0 Å². The van der Waals surface area contributed by atoms with Crippen molar-refractivity contribution in [2.24, 2.45) is 34.5 Å². The molecular weight excluding hydrogens is 244 g/mol. The van der Waals surface area contributed by atoms with Gasteiger partial charge in [0.25, 0.3) is 0 Å². The molecular formula is C19H30O. The Morgan fingerprint density at radius 3 is 2.65 bits per heavy atom. The van der Waals surface area contributed by atoms with Crippen molar-refractivity contribution in [1.82, 2.24) is 0 Å². The van der Waals surface area contributed by atoms with E-state index in [1.54, 1.807) is 0 Å². The van der Waals surface area contributed by atoms with Gasteiger partial charge in [-0.15, -0.1) is 0 Å². The molecule has 0 bridgehead atoms. The molecule has 0 aromatic heterocycles. The quantitative estimate of drug-likeness (QED) is 0.642. The molecule has 112 valence electrons. The number of rotatable bonds is 0. The molecule has 1 nitrogen and oxygen atoms in total. The summed E-state index contributed by atoms with van der Waals surface area (Å²) in [6.07, 6.45) is 15.6. The minimum atomic E-state index is -0.0270. The van der Waals surface area contributed by atoms with Crippen molar-refractivity contribution in [2.75, 3.05) is 0 Å². The fourth-order valence-corrected chi connectivity index (χ4v) is 6.79. The molecule has 0 saturated heterocycles. The lowest BCUT2D eigenvalue weighted by molar-refractivity contribution is -0.0944. The third-order valence-electron chi connectivity index (χ3n) is 8.07. The lowest BCUT2D eigenvalue weighted by Crippen LogP contribution is -2.52. The molecule has 0 aromatic carbocycles. The molecule has 20 heavy (non-hydrogen) atoms. The molecule has 0 amide bonds. The molecule has 0 radical (unpaired) electrons. The molecule has 4 aliphatic rings. The van der Waals surface area contributed by atoms with Crippen molar-refractivity contribution in [3.8, 4) is 0 Å². The van der Waals surface area contributed by atoms with Crippen LogP contribution in [-0.2, 0) is 0 Å². The van der Waals surface area contributed by atoms with E-state index in [0.29, 0.717) is 5.41 Å². The predicted molar refractivity (Wildman–Crippen MR) is 82.3 cm³/mol. The number of allylic oxidation sites excluding steroid dienone is 2. The molecule has 3 fully saturated rings. The Balaban J connectivity index is 1.68. The van der Waals surface area contributed by atoms with Crippen molar-refractivity contribution in [3.63, 3.8) is 0 Å². The minimum Gasteiger partial charge on any atom is -0.393 e. The third kappa shape index (κ3) is 1.59. The summed E-state index contributed by atoms with van der Waals surface area (Å²) in [6, 6.07) is 0. The summed E-state index contributed by atoms with van der Waals surface area (Å²) in [5, 5.41) is 10.5. The van der Waals surface area contributed by atoms with Crippen molar-refractivity contribution >= 4 is 0 Å². The molecule has 1 heteroatoms. The Bertz CT molecular complexity index is 427. The maximum absolute atomic E-state index is 10.5. The van der Waals surface area contributed by atoms with Crippen molar-refractivity contribution in [1.29, 1.82) is 0 Å². The van der Waals surface area contributed by atoms with Crippen LogP contribution in [0.25, 0.3) is 0 Å². The number of hydrogen-bond donors (Lipinski definition) is 1. The maximum atomic E-state index is 10.5. The van der Waals surface area contributed by atoms with E-state index in [-0.39, 0.29) is 11.5 Å². The van der Waals surface area contributed by atoms with Gasteiger partial charge in [-0.3, -0.25) is 0 Å². The summed E-state index contributed by atoms with van der Waals surface area (Å²) in [7, 11) is 0. The lowest BCUT2D eigenvalue weighted by Gasteiger charge is -2.58. The first kappa shape index (κ1) is 13.4. The Morgan fingerprint density at radius 1 is 0.950 bits per heavy atom. The second-order valence-corrected chi connectivity index (χ2v) is 8.63. The topological polar surface area (TPSA) is 20.2 Å². The molecule has 3 saturated carbocycles. The highest BCUT2D eigenvalue weighted by atomic mass is 16.3. The predicted octanol–water partition coefficient (Wildman–Crippen LogP) is 4.56. The van der Waals surface area contributed by atoms with Crippen LogP contribution in [0.3, 0.4) is 0 Å². The Hall–Kier alpha value is -0.300. The SMILES string of the molecule is C[C@]12C=CCC[C@H]1CC[C@@H]1[C@@H]2CC[C@]2(C)[C@@H](O)CC[C@@H]12. The standard InChI is InChI=1S/C19H30O/c1-18-11-4-3-5-13(18)6-7-14-15-8-9-17(20)19(15,2)12-10-16(14)18/h4,11,13-17,20H,3,5-10,12H2,1-2H3/t13-,14-,15-,16-,17-,18-,19-/m0/s1. The van der Waals surface area contributed by atoms with Crippen LogP contribution < -0.4 is 0 Å². The Labute approximate surface area is 123 Å². The Morgan fingerprint density at radius 2 is 1.80 bits per heavy atom. The molecule has 7 atom stereocenters. The van der Waals surface area contributed by atoms with Crippen LogP contribution >= 0.6 is 0 Å². The molecule has 4 aliphatic carbocycles. The summed E-state index contributed by atoms with van der Waals surface area (Å²) < 4.78 is 0. The average molecular weight is 274 g/mol. The molecule has 0 heterocycles. The van der Waals surface area contributed by atoms with E-state index >= 15 is 0 Å². The monoisotopic (exact) mass is 274 g/mol. The molecule has 0 spiro atoms. The highest BCUT2D eigenvalue weighted by molar-refractivity contribution is 5.15. The number of hydrogen-bond acceptors (Lipinski definition) is 1. The summed E-state index contributed by atoms with van der Waals surface area (Å²) >= 11 is 0. The van der Waals surface area contributed by atoms with E-state index in [1.165, 1.54) is 44.9 Å². The minimum absolute atomic E-state index is 0.0270. The highest BCUT2D eigenvalue weighted by Crippen LogP contribution is 2.65. The average Bonchev–Trinajstić information content (AvgIpc) is 2.74. The van der Waals surface area contributed by atoms with E-state index in [4.69, 9.17) is 0 Å². The zero-order valence-corrected chi connectivity index (χ0v) is 13.1. The van der Waals surface area contributed by atoms with Gasteiger partial charge < -0.3 is 5.11 Å². The van der Waals surface area contributed by atoms with Gasteiger partial charge in [-0.25, -0.2) is 0 Å². The van der Waals surface area contributed by atoms with Gasteiger partial charge in [0, 0.05) is 0 Å². The molecule has 0 aliphatic heterocycles. The number of aliphatic hydroxyl groups is 1. The maximum Gasteiger partial charge on any atom is 0.0596 e. The van der Waals surface area contributed by atoms with Crippen LogP contribution in [0.5, 0.6) is 0 Å². The van der Waals surface area contributed by atoms with Gasteiger partial charge in [-0.05, 0) is 85.9 Å². The highest BCUT2D eigenvalue weighted by Gasteiger charge is 2.58. The van der Waals surface area contributed by atoms with Gasteiger partial charge in [-0.2, -0.15) is 0 Å². The zero-order valence-electron chi connectivity index (χ0n) is 13.1. The molecule has 0 unspecified atom stereocenters. The first-order valence-electron chi connectivity index (χ1n) is 8.91. The number of fused-ring (bicyclic) bond motifs is 5. The summed E-state index contributed by atoms with van der Waals surface area (Å²) in [5.74, 6) is 3.50. The van der Waals surface area contributed by atoms with Crippen molar-refractivity contribution in [2.45, 2.75) is 71.3 Å². The molecule has 4 rings (SSSR count). The van der Waals surface area contributed by atoms with E-state index in [1.807, 2.05) is 0 Å². The van der Waals surface area contributed by atoms with E-state index in [9.17, 15) is 5.11 Å². The van der Waals surface area contributed by atoms with Crippen LogP contribution in [0.1, 0.15) is 65.2 Å². The smallest absolute Gasteiger partial charge is 0.0596 e. The zero-order chi connectivity index (χ0) is 14.0. The van der Waals surface area contributed by atoms with Gasteiger partial charge >= 0.3 is 0 Å². The largest absolute Gasteiger partial charge is 0.393 e. The first-order chi connectivity index (χ1) is 9.56. The van der Waals surface area contributed by atoms with Crippen LogP contribution in [0.15, 0.2) is 12.2 Å². The van der Waals surface area contributed by atoms with Crippen LogP contribution in [0, 0.1) is 34.5 Å². The fourth-order valence-electron chi connectivity index (χ4n) is 6.79. The van der Waals surface area contributed by atoms with Gasteiger partial charge in [-0.1, -0.05) is 26.0 Å². The molecule has 1 N–H and O–H groups in total. The fraction of sp³-hybridized carbons (Fsp3) is 0.895. The van der Waals surface area contributed by atoms with Crippen LogP contribution in [0.4, 0.5) is 0 Å². The van der Waals surface area contributed by atoms with Crippen LogP contribution in [0.2, 0.25) is 0 Å². The lowest BCUT2D eigenvalue weighted by atomic mass is 9.46. The Kier molecular flexibility index (Phi) is 2.91. The third-order valence-corrected chi connectivity index (χ3v) is 8.07. The summed E-state index contributed by atoms with van der Waals surface area (Å²) in [6.45, 7) is 4.94. The van der Waals surface area contributed by atoms with Crippen molar-refractivity contribution in [3.05, 3.63) is 12.2 Å². The second kappa shape index (κ2) is 4.35. The van der Waals surface area contributed by atoms with E-state index < -0.39 is 0 Å². The summed E-state index contributed by atoms with van der Waals surface area (Å²) in [5.41, 5.74) is 0.707. The van der Waals surface area contributed by atoms with Gasteiger partial charge in [0.15, 0.2) is 0 Å².